The van der Waals surface area contributed by atoms with Crippen molar-refractivity contribution in [3.05, 3.63) is 96.3 Å². The van der Waals surface area contributed by atoms with Gasteiger partial charge in [-0.2, -0.15) is 0 Å². The van der Waals surface area contributed by atoms with Crippen LogP contribution in [0.25, 0.3) is 0 Å². The normalized spacial score (nSPS) is 12.1. The van der Waals surface area contributed by atoms with E-state index in [1.54, 1.807) is 30.3 Å². The average molecular weight is 540 g/mol. The second-order valence-corrected chi connectivity index (χ2v) is 11.1. The van der Waals surface area contributed by atoms with Crippen molar-refractivity contribution in [3.8, 4) is 0 Å². The van der Waals surface area contributed by atoms with E-state index in [4.69, 9.17) is 0 Å². The minimum Gasteiger partial charge on any atom is -0.352 e. The fourth-order valence-electron chi connectivity index (χ4n) is 4.13. The van der Waals surface area contributed by atoms with Gasteiger partial charge in [-0.05, 0) is 68.7 Å². The topological polar surface area (TPSA) is 86.8 Å². The Morgan fingerprint density at radius 2 is 1.47 bits per heavy atom. The van der Waals surface area contributed by atoms with Gasteiger partial charge in [0.2, 0.25) is 11.8 Å². The largest absolute Gasteiger partial charge is 0.352 e. The Labute approximate surface area is 224 Å². The first kappa shape index (κ1) is 28.8. The van der Waals surface area contributed by atoms with E-state index in [2.05, 4.69) is 5.32 Å². The van der Waals surface area contributed by atoms with Crippen LogP contribution < -0.4 is 9.62 Å². The molecule has 0 radical (unpaired) electrons. The van der Waals surface area contributed by atoms with Crippen molar-refractivity contribution < 1.29 is 22.4 Å². The summed E-state index contributed by atoms with van der Waals surface area (Å²) in [5.74, 6) is -1.38. The number of hydrogen-bond acceptors (Lipinski definition) is 4. The lowest BCUT2D eigenvalue weighted by atomic mass is 10.1. The van der Waals surface area contributed by atoms with Crippen LogP contribution in [-0.2, 0) is 26.0 Å². The fourth-order valence-corrected chi connectivity index (χ4v) is 5.55. The number of para-hydroxylation sites is 1. The smallest absolute Gasteiger partial charge is 0.264 e. The van der Waals surface area contributed by atoms with Crippen LogP contribution in [0, 0.1) is 5.82 Å². The number of halogens is 1. The second kappa shape index (κ2) is 13.2. The zero-order chi connectivity index (χ0) is 27.7. The number of carbonyl (C=O) groups excluding carboxylic acids is 2. The minimum absolute atomic E-state index is 0.123. The van der Waals surface area contributed by atoms with E-state index < -0.39 is 34.3 Å². The number of rotatable bonds is 12. The number of hydrogen-bond donors (Lipinski definition) is 1. The van der Waals surface area contributed by atoms with Crippen LogP contribution in [0.4, 0.5) is 10.1 Å². The molecule has 202 valence electrons. The quantitative estimate of drug-likeness (QED) is 0.370. The predicted octanol–water partition coefficient (Wildman–Crippen LogP) is 4.40. The van der Waals surface area contributed by atoms with Gasteiger partial charge in [0.25, 0.3) is 10.0 Å². The van der Waals surface area contributed by atoms with Gasteiger partial charge >= 0.3 is 0 Å². The second-order valence-electron chi connectivity index (χ2n) is 9.21. The van der Waals surface area contributed by atoms with Crippen LogP contribution >= 0.6 is 0 Å². The van der Waals surface area contributed by atoms with E-state index in [-0.39, 0.29) is 29.1 Å². The van der Waals surface area contributed by atoms with Gasteiger partial charge in [-0.25, -0.2) is 12.8 Å². The van der Waals surface area contributed by atoms with Gasteiger partial charge < -0.3 is 10.2 Å². The van der Waals surface area contributed by atoms with Gasteiger partial charge in [0.05, 0.1) is 10.6 Å². The van der Waals surface area contributed by atoms with E-state index in [0.717, 1.165) is 22.0 Å². The molecule has 3 aromatic carbocycles. The maximum atomic E-state index is 13.9. The lowest BCUT2D eigenvalue weighted by Gasteiger charge is -2.33. The molecule has 3 rings (SSSR count). The van der Waals surface area contributed by atoms with Crippen LogP contribution in [0.1, 0.15) is 32.8 Å². The van der Waals surface area contributed by atoms with Crippen molar-refractivity contribution in [1.82, 2.24) is 10.2 Å². The molecule has 2 amide bonds. The molecule has 1 unspecified atom stereocenters. The number of sulfonamides is 1. The molecule has 1 N–H and O–H groups in total. The highest BCUT2D eigenvalue weighted by Crippen LogP contribution is 2.24. The van der Waals surface area contributed by atoms with Crippen molar-refractivity contribution in [3.63, 3.8) is 0 Å². The Balaban J connectivity index is 1.98. The molecule has 0 heterocycles. The van der Waals surface area contributed by atoms with E-state index >= 15 is 0 Å². The third kappa shape index (κ3) is 7.41. The summed E-state index contributed by atoms with van der Waals surface area (Å²) in [7, 11) is -4.22. The van der Waals surface area contributed by atoms with Gasteiger partial charge in [0.15, 0.2) is 0 Å². The monoisotopic (exact) mass is 539 g/mol. The van der Waals surface area contributed by atoms with E-state index in [0.29, 0.717) is 12.8 Å². The molecule has 3 aromatic rings. The summed E-state index contributed by atoms with van der Waals surface area (Å²) < 4.78 is 41.8. The zero-order valence-electron chi connectivity index (χ0n) is 21.9. The number of benzene rings is 3. The Morgan fingerprint density at radius 3 is 2.03 bits per heavy atom. The number of carbonyl (C=O) groups is 2. The molecule has 7 nitrogen and oxygen atoms in total. The average Bonchev–Trinajstić information content (AvgIpc) is 2.90. The van der Waals surface area contributed by atoms with E-state index in [9.17, 15) is 22.4 Å². The molecule has 0 saturated carbocycles. The Morgan fingerprint density at radius 1 is 0.895 bits per heavy atom. The first-order valence-corrected chi connectivity index (χ1v) is 14.0. The summed E-state index contributed by atoms with van der Waals surface area (Å²) in [6.45, 7) is 5.20. The van der Waals surface area contributed by atoms with Crippen LogP contribution in [0.2, 0.25) is 0 Å². The minimum atomic E-state index is -4.22. The number of nitrogens with zero attached hydrogens (tertiary/aromatic N) is 2. The first-order valence-electron chi connectivity index (χ1n) is 12.6. The highest BCUT2D eigenvalue weighted by Gasteiger charge is 2.33. The standard InChI is InChI=1S/C29H34FN3O4S/c1-4-27(29(35)31-22(2)3)32(20-19-23-11-7-5-8-12-23)28(34)21-33(25-13-9-6-10-14-25)38(36,37)26-17-15-24(30)16-18-26/h5-18,22,27H,4,19-21H2,1-3H3,(H,31,35). The van der Waals surface area contributed by atoms with Crippen LogP contribution in [0.15, 0.2) is 89.8 Å². The van der Waals surface area contributed by atoms with E-state index in [1.165, 1.54) is 17.0 Å². The fraction of sp³-hybridized carbons (Fsp3) is 0.310. The molecule has 1 atom stereocenters. The molecule has 0 aromatic heterocycles. The van der Waals surface area contributed by atoms with Crippen LogP contribution in [-0.4, -0.2) is 50.3 Å². The molecule has 0 aliphatic carbocycles. The molecule has 0 aliphatic rings. The van der Waals surface area contributed by atoms with Gasteiger partial charge in [0, 0.05) is 12.6 Å². The molecule has 38 heavy (non-hydrogen) atoms. The predicted molar refractivity (Wildman–Crippen MR) is 147 cm³/mol. The summed E-state index contributed by atoms with van der Waals surface area (Å²) in [4.78, 5) is 28.2. The van der Waals surface area contributed by atoms with Gasteiger partial charge in [0.1, 0.15) is 18.4 Å². The van der Waals surface area contributed by atoms with E-state index in [1.807, 2.05) is 51.1 Å². The van der Waals surface area contributed by atoms with Crippen molar-refractivity contribution in [2.75, 3.05) is 17.4 Å². The van der Waals surface area contributed by atoms with Crippen LogP contribution in [0.3, 0.4) is 0 Å². The van der Waals surface area contributed by atoms with Crippen LogP contribution in [0.5, 0.6) is 0 Å². The Bertz CT molecular complexity index is 1300. The Hall–Kier alpha value is -3.72. The number of anilines is 1. The van der Waals surface area contributed by atoms with Crippen molar-refractivity contribution in [1.29, 1.82) is 0 Å². The maximum absolute atomic E-state index is 13.9. The van der Waals surface area contributed by atoms with Crippen molar-refractivity contribution in [2.24, 2.45) is 0 Å². The van der Waals surface area contributed by atoms with Gasteiger partial charge in [-0.15, -0.1) is 0 Å². The lowest BCUT2D eigenvalue weighted by molar-refractivity contribution is -0.139. The van der Waals surface area contributed by atoms with Crippen molar-refractivity contribution in [2.45, 2.75) is 50.6 Å². The molecule has 0 fully saturated rings. The summed E-state index contributed by atoms with van der Waals surface area (Å²) in [6.07, 6.45) is 0.850. The maximum Gasteiger partial charge on any atom is 0.264 e. The highest BCUT2D eigenvalue weighted by atomic mass is 32.2. The summed E-state index contributed by atoms with van der Waals surface area (Å²) in [6, 6.07) is 21.4. The molecule has 0 spiro atoms. The third-order valence-corrected chi connectivity index (χ3v) is 7.81. The molecule has 9 heteroatoms. The summed E-state index contributed by atoms with van der Waals surface area (Å²) >= 11 is 0. The SMILES string of the molecule is CCC(C(=O)NC(C)C)N(CCc1ccccc1)C(=O)CN(c1ccccc1)S(=O)(=O)c1ccc(F)cc1. The Kier molecular flexibility index (Phi) is 10.0. The summed E-state index contributed by atoms with van der Waals surface area (Å²) in [5.41, 5.74) is 1.27. The third-order valence-electron chi connectivity index (χ3n) is 6.03. The zero-order valence-corrected chi connectivity index (χ0v) is 22.7. The molecule has 0 saturated heterocycles. The summed E-state index contributed by atoms with van der Waals surface area (Å²) in [5, 5.41) is 2.87. The molecule has 0 bridgehead atoms. The number of nitrogens with one attached hydrogen (secondary N) is 1. The molecular formula is C29H34FN3O4S. The molecule has 0 aliphatic heterocycles. The van der Waals surface area contributed by atoms with Gasteiger partial charge in [-0.1, -0.05) is 55.5 Å². The van der Waals surface area contributed by atoms with Gasteiger partial charge in [-0.3, -0.25) is 13.9 Å². The lowest BCUT2D eigenvalue weighted by Crippen LogP contribution is -2.54. The number of amides is 2. The molecular weight excluding hydrogens is 505 g/mol. The highest BCUT2D eigenvalue weighted by molar-refractivity contribution is 7.92. The first-order chi connectivity index (χ1) is 18.1. The van der Waals surface area contributed by atoms with Crippen molar-refractivity contribution >= 4 is 27.5 Å².